The van der Waals surface area contributed by atoms with E-state index in [9.17, 15) is 37.5 Å². The van der Waals surface area contributed by atoms with Crippen LogP contribution in [0.15, 0.2) is 15.7 Å². The van der Waals surface area contributed by atoms with E-state index in [1.54, 1.807) is 0 Å². The number of amides is 2. The third-order valence-electron chi connectivity index (χ3n) is 4.71. The van der Waals surface area contributed by atoms with E-state index in [-0.39, 0.29) is 33.8 Å². The second kappa shape index (κ2) is 8.77. The SMILES string of the molecule is CC(=O)OCC1=C(C(=O)O)N2C(=O)C(NC(=O)Cn3nc(C(F)(F)F)c(Br)c3C)C2SC1. The quantitative estimate of drug-likeness (QED) is 0.407. The Bertz CT molecular complexity index is 1040. The maximum Gasteiger partial charge on any atom is 0.436 e. The van der Waals surface area contributed by atoms with Gasteiger partial charge in [-0.1, -0.05) is 0 Å². The highest BCUT2D eigenvalue weighted by Gasteiger charge is 2.54. The standard InChI is InChI=1S/C17H16BrF3N4O6S/c1-6-10(18)13(17(19,20)21)23-24(6)3-9(27)22-11-14(28)25-12(16(29)30)8(4-31-7(2)26)5-32-15(11)25/h11,15H,3-5H2,1-2H3,(H,22,27)(H,29,30). The second-order valence-electron chi connectivity index (χ2n) is 6.90. The third-order valence-corrected chi connectivity index (χ3v) is 7.00. The van der Waals surface area contributed by atoms with Gasteiger partial charge in [0.15, 0.2) is 5.69 Å². The molecule has 2 aliphatic rings. The van der Waals surface area contributed by atoms with Crippen LogP contribution < -0.4 is 5.32 Å². The summed E-state index contributed by atoms with van der Waals surface area (Å²) < 4.78 is 44.4. The van der Waals surface area contributed by atoms with E-state index in [0.29, 0.717) is 0 Å². The number of carboxylic acid groups (broad SMARTS) is 1. The lowest BCUT2D eigenvalue weighted by Gasteiger charge is -2.49. The molecule has 3 rings (SSSR count). The van der Waals surface area contributed by atoms with Crippen molar-refractivity contribution in [1.29, 1.82) is 0 Å². The molecule has 1 fully saturated rings. The number of nitrogens with one attached hydrogen (secondary N) is 1. The van der Waals surface area contributed by atoms with Crippen LogP contribution in [-0.4, -0.2) is 67.3 Å². The highest BCUT2D eigenvalue weighted by molar-refractivity contribution is 9.10. The van der Waals surface area contributed by atoms with Gasteiger partial charge < -0.3 is 15.2 Å². The van der Waals surface area contributed by atoms with Crippen molar-refractivity contribution in [3.8, 4) is 0 Å². The van der Waals surface area contributed by atoms with Crippen molar-refractivity contribution in [3.05, 3.63) is 27.1 Å². The molecule has 15 heteroatoms. The van der Waals surface area contributed by atoms with Crippen LogP contribution in [0.25, 0.3) is 0 Å². The van der Waals surface area contributed by atoms with Gasteiger partial charge in [0.1, 0.15) is 30.3 Å². The van der Waals surface area contributed by atoms with Crippen molar-refractivity contribution >= 4 is 51.4 Å². The van der Waals surface area contributed by atoms with Gasteiger partial charge in [-0.25, -0.2) is 4.79 Å². The molecule has 174 valence electrons. The number of hydrogen-bond donors (Lipinski definition) is 2. The van der Waals surface area contributed by atoms with Crippen molar-refractivity contribution in [1.82, 2.24) is 20.0 Å². The summed E-state index contributed by atoms with van der Waals surface area (Å²) in [4.78, 5) is 48.6. The van der Waals surface area contributed by atoms with Gasteiger partial charge >= 0.3 is 18.1 Å². The van der Waals surface area contributed by atoms with Crippen molar-refractivity contribution in [3.63, 3.8) is 0 Å². The van der Waals surface area contributed by atoms with Crippen molar-refractivity contribution < 1.29 is 42.2 Å². The number of ether oxygens (including phenoxy) is 1. The highest BCUT2D eigenvalue weighted by atomic mass is 79.9. The number of esters is 1. The molecule has 10 nitrogen and oxygen atoms in total. The summed E-state index contributed by atoms with van der Waals surface area (Å²) in [6.45, 7) is 1.66. The number of fused-ring (bicyclic) bond motifs is 1. The van der Waals surface area contributed by atoms with Gasteiger partial charge in [-0.2, -0.15) is 18.3 Å². The van der Waals surface area contributed by atoms with E-state index >= 15 is 0 Å². The Morgan fingerprint density at radius 3 is 2.56 bits per heavy atom. The largest absolute Gasteiger partial charge is 0.477 e. The van der Waals surface area contributed by atoms with Gasteiger partial charge in [-0.15, -0.1) is 11.8 Å². The van der Waals surface area contributed by atoms with Crippen LogP contribution in [0.3, 0.4) is 0 Å². The summed E-state index contributed by atoms with van der Waals surface area (Å²) in [7, 11) is 0. The fraction of sp³-hybridized carbons (Fsp3) is 0.471. The summed E-state index contributed by atoms with van der Waals surface area (Å²) in [6.07, 6.45) is -4.71. The van der Waals surface area contributed by atoms with Crippen molar-refractivity contribution in [2.24, 2.45) is 0 Å². The summed E-state index contributed by atoms with van der Waals surface area (Å²) in [5.74, 6) is -3.30. The Kier molecular flexibility index (Phi) is 6.60. The first-order valence-electron chi connectivity index (χ1n) is 8.95. The summed E-state index contributed by atoms with van der Waals surface area (Å²) in [5.41, 5.74) is -1.17. The minimum atomic E-state index is -4.71. The van der Waals surface area contributed by atoms with E-state index in [2.05, 4.69) is 26.3 Å². The molecule has 0 saturated carbocycles. The number of nitrogens with zero attached hydrogens (tertiary/aromatic N) is 3. The average molecular weight is 541 g/mol. The fourth-order valence-electron chi connectivity index (χ4n) is 3.20. The molecular weight excluding hydrogens is 525 g/mol. The van der Waals surface area contributed by atoms with Crippen LogP contribution in [-0.2, 0) is 36.6 Å². The molecule has 0 aromatic carbocycles. The molecule has 32 heavy (non-hydrogen) atoms. The normalized spacial score (nSPS) is 20.6. The molecule has 0 bridgehead atoms. The lowest BCUT2D eigenvalue weighted by atomic mass is 10.0. The molecule has 2 atom stereocenters. The third kappa shape index (κ3) is 4.48. The number of rotatable bonds is 6. The number of aliphatic carboxylic acids is 1. The average Bonchev–Trinajstić information content (AvgIpc) is 2.98. The predicted molar refractivity (Wildman–Crippen MR) is 106 cm³/mol. The van der Waals surface area contributed by atoms with Crippen LogP contribution >= 0.6 is 27.7 Å². The zero-order chi connectivity index (χ0) is 24.0. The molecule has 2 unspecified atom stereocenters. The Hall–Kier alpha value is -2.55. The number of β-lactam (4-membered cyclic amide) rings is 1. The van der Waals surface area contributed by atoms with Crippen molar-refractivity contribution in [2.45, 2.75) is 38.0 Å². The number of thioether (sulfide) groups is 1. The molecule has 0 aliphatic carbocycles. The van der Waals surface area contributed by atoms with E-state index in [4.69, 9.17) is 4.74 Å². The van der Waals surface area contributed by atoms with Gasteiger partial charge in [-0.3, -0.25) is 24.0 Å². The van der Waals surface area contributed by atoms with Gasteiger partial charge in [0.2, 0.25) is 5.91 Å². The molecule has 1 saturated heterocycles. The molecule has 0 radical (unpaired) electrons. The van der Waals surface area contributed by atoms with Crippen LogP contribution in [0.4, 0.5) is 13.2 Å². The number of carboxylic acids is 1. The van der Waals surface area contributed by atoms with Crippen molar-refractivity contribution in [2.75, 3.05) is 12.4 Å². The number of hydrogen-bond acceptors (Lipinski definition) is 7. The molecule has 1 aromatic rings. The van der Waals surface area contributed by atoms with E-state index in [1.165, 1.54) is 18.7 Å². The van der Waals surface area contributed by atoms with Crippen LogP contribution in [0, 0.1) is 6.92 Å². The van der Waals surface area contributed by atoms with Gasteiger partial charge in [-0.05, 0) is 22.9 Å². The molecular formula is C17H16BrF3N4O6S. The lowest BCUT2D eigenvalue weighted by Crippen LogP contribution is -2.70. The molecule has 2 amide bonds. The maximum atomic E-state index is 13.0. The number of carbonyl (C=O) groups is 4. The first-order chi connectivity index (χ1) is 14.8. The Balaban J connectivity index is 1.71. The zero-order valence-electron chi connectivity index (χ0n) is 16.5. The minimum Gasteiger partial charge on any atom is -0.477 e. The lowest BCUT2D eigenvalue weighted by molar-refractivity contribution is -0.151. The van der Waals surface area contributed by atoms with Crippen LogP contribution in [0.2, 0.25) is 0 Å². The van der Waals surface area contributed by atoms with Crippen LogP contribution in [0.5, 0.6) is 0 Å². The van der Waals surface area contributed by atoms with Crippen LogP contribution in [0.1, 0.15) is 18.3 Å². The van der Waals surface area contributed by atoms with E-state index in [0.717, 1.165) is 16.5 Å². The van der Waals surface area contributed by atoms with Gasteiger partial charge in [0, 0.05) is 18.2 Å². The maximum absolute atomic E-state index is 13.0. The number of halogens is 4. The summed E-state index contributed by atoms with van der Waals surface area (Å²) in [5, 5.41) is 14.6. The Morgan fingerprint density at radius 2 is 2.03 bits per heavy atom. The Labute approximate surface area is 191 Å². The predicted octanol–water partition coefficient (Wildman–Crippen LogP) is 1.27. The number of aromatic nitrogens is 2. The smallest absolute Gasteiger partial charge is 0.436 e. The number of carbonyl (C=O) groups excluding carboxylic acids is 3. The monoisotopic (exact) mass is 540 g/mol. The molecule has 3 heterocycles. The summed E-state index contributed by atoms with van der Waals surface area (Å²) in [6, 6.07) is -1.06. The zero-order valence-corrected chi connectivity index (χ0v) is 18.9. The number of alkyl halides is 3. The molecule has 2 aliphatic heterocycles. The molecule has 1 aromatic heterocycles. The van der Waals surface area contributed by atoms with Gasteiger partial charge in [0.25, 0.3) is 5.91 Å². The first kappa shape index (κ1) is 24.1. The second-order valence-corrected chi connectivity index (χ2v) is 8.79. The molecule has 2 N–H and O–H groups in total. The first-order valence-corrected chi connectivity index (χ1v) is 10.8. The summed E-state index contributed by atoms with van der Waals surface area (Å²) >= 11 is 3.98. The van der Waals surface area contributed by atoms with E-state index < -0.39 is 53.6 Å². The van der Waals surface area contributed by atoms with Gasteiger partial charge in [0.05, 0.1) is 10.2 Å². The topological polar surface area (TPSA) is 131 Å². The van der Waals surface area contributed by atoms with E-state index in [1.807, 2.05) is 0 Å². The minimum absolute atomic E-state index is 0.0762. The fourth-order valence-corrected chi connectivity index (χ4v) is 5.03. The highest BCUT2D eigenvalue weighted by Crippen LogP contribution is 2.40. The Morgan fingerprint density at radius 1 is 1.38 bits per heavy atom. The molecule has 0 spiro atoms.